The summed E-state index contributed by atoms with van der Waals surface area (Å²) in [4.78, 5) is 15.2. The standard InChI is InChI=1S/C19H19NO3S.ClH/c1-22-16-7-6-14-18(21)13-4-2-3-5-17(13)24-19(14)15(16)12-20-8-10-23-11-9-20;/h2-7H,8-12H2,1H3;1H. The third-order valence-corrected chi connectivity index (χ3v) is 5.76. The molecule has 1 fully saturated rings. The Morgan fingerprint density at radius 2 is 1.88 bits per heavy atom. The van der Waals surface area contributed by atoms with E-state index in [2.05, 4.69) is 4.90 Å². The van der Waals surface area contributed by atoms with Crippen molar-refractivity contribution < 1.29 is 9.47 Å². The lowest BCUT2D eigenvalue weighted by Gasteiger charge is -2.27. The zero-order chi connectivity index (χ0) is 16.5. The second kappa shape index (κ2) is 7.70. The van der Waals surface area contributed by atoms with E-state index >= 15 is 0 Å². The van der Waals surface area contributed by atoms with Crippen LogP contribution in [-0.4, -0.2) is 38.3 Å². The van der Waals surface area contributed by atoms with E-state index in [9.17, 15) is 4.79 Å². The molecular formula is C19H20ClNO3S. The van der Waals surface area contributed by atoms with Crippen LogP contribution >= 0.6 is 23.7 Å². The van der Waals surface area contributed by atoms with Crippen molar-refractivity contribution in [3.8, 4) is 5.75 Å². The van der Waals surface area contributed by atoms with E-state index in [1.54, 1.807) is 18.4 Å². The number of nitrogens with zero attached hydrogens (tertiary/aromatic N) is 1. The van der Waals surface area contributed by atoms with Crippen LogP contribution in [0.15, 0.2) is 41.2 Å². The zero-order valence-electron chi connectivity index (χ0n) is 14.0. The normalized spacial score (nSPS) is 15.2. The summed E-state index contributed by atoms with van der Waals surface area (Å²) >= 11 is 1.67. The number of benzene rings is 2. The van der Waals surface area contributed by atoms with E-state index in [0.29, 0.717) is 0 Å². The molecule has 1 aliphatic rings. The van der Waals surface area contributed by atoms with Crippen LogP contribution in [-0.2, 0) is 11.3 Å². The van der Waals surface area contributed by atoms with Crippen molar-refractivity contribution in [1.82, 2.24) is 4.90 Å². The summed E-state index contributed by atoms with van der Waals surface area (Å²) in [5.41, 5.74) is 1.20. The van der Waals surface area contributed by atoms with Crippen LogP contribution < -0.4 is 10.2 Å². The minimum absolute atomic E-state index is 0. The lowest BCUT2D eigenvalue weighted by atomic mass is 10.1. The van der Waals surface area contributed by atoms with Gasteiger partial charge in [0.2, 0.25) is 0 Å². The molecule has 0 unspecified atom stereocenters. The summed E-state index contributed by atoms with van der Waals surface area (Å²) in [5, 5.41) is 1.57. The third-order valence-electron chi connectivity index (χ3n) is 4.51. The minimum Gasteiger partial charge on any atom is -0.496 e. The van der Waals surface area contributed by atoms with Gasteiger partial charge in [0.25, 0.3) is 0 Å². The Kier molecular flexibility index (Phi) is 5.59. The number of ether oxygens (including phenoxy) is 2. The highest BCUT2D eigenvalue weighted by Crippen LogP contribution is 2.33. The molecule has 3 aromatic rings. The first-order valence-corrected chi connectivity index (χ1v) is 8.91. The Bertz CT molecular complexity index is 950. The summed E-state index contributed by atoms with van der Waals surface area (Å²) < 4.78 is 13.1. The second-order valence-electron chi connectivity index (χ2n) is 5.94. The highest BCUT2D eigenvalue weighted by Gasteiger charge is 2.18. The summed E-state index contributed by atoms with van der Waals surface area (Å²) in [6.45, 7) is 4.10. The van der Waals surface area contributed by atoms with Crippen LogP contribution in [0.5, 0.6) is 5.75 Å². The van der Waals surface area contributed by atoms with Gasteiger partial charge < -0.3 is 9.47 Å². The van der Waals surface area contributed by atoms with E-state index in [1.807, 2.05) is 36.4 Å². The molecule has 0 saturated carbocycles. The first kappa shape index (κ1) is 18.1. The average molecular weight is 378 g/mol. The molecule has 4 rings (SSSR count). The van der Waals surface area contributed by atoms with Crippen molar-refractivity contribution in [1.29, 1.82) is 0 Å². The van der Waals surface area contributed by atoms with Gasteiger partial charge in [0, 0.05) is 45.4 Å². The molecule has 6 heteroatoms. The van der Waals surface area contributed by atoms with Gasteiger partial charge in [-0.15, -0.1) is 23.7 Å². The molecular weight excluding hydrogens is 358 g/mol. The zero-order valence-corrected chi connectivity index (χ0v) is 15.6. The maximum atomic E-state index is 12.9. The first-order valence-electron chi connectivity index (χ1n) is 8.09. The largest absolute Gasteiger partial charge is 0.496 e. The monoisotopic (exact) mass is 377 g/mol. The smallest absolute Gasteiger partial charge is 0.195 e. The van der Waals surface area contributed by atoms with E-state index in [0.717, 1.165) is 64.3 Å². The Labute approximate surface area is 156 Å². The summed E-state index contributed by atoms with van der Waals surface area (Å²) in [5.74, 6) is 0.847. The van der Waals surface area contributed by atoms with Gasteiger partial charge in [-0.2, -0.15) is 0 Å². The Morgan fingerprint density at radius 3 is 2.64 bits per heavy atom. The van der Waals surface area contributed by atoms with Crippen molar-refractivity contribution in [2.75, 3.05) is 33.4 Å². The van der Waals surface area contributed by atoms with Crippen LogP contribution in [0.3, 0.4) is 0 Å². The summed E-state index contributed by atoms with van der Waals surface area (Å²) in [6, 6.07) is 11.6. The van der Waals surface area contributed by atoms with Gasteiger partial charge in [-0.25, -0.2) is 0 Å². The molecule has 4 nitrogen and oxygen atoms in total. The molecule has 0 N–H and O–H groups in total. The van der Waals surface area contributed by atoms with Gasteiger partial charge >= 0.3 is 0 Å². The molecule has 0 radical (unpaired) electrons. The van der Waals surface area contributed by atoms with Crippen molar-refractivity contribution in [3.05, 3.63) is 52.2 Å². The quantitative estimate of drug-likeness (QED) is 0.653. The highest BCUT2D eigenvalue weighted by atomic mass is 35.5. The molecule has 0 bridgehead atoms. The van der Waals surface area contributed by atoms with Gasteiger partial charge in [-0.3, -0.25) is 9.69 Å². The predicted molar refractivity (Wildman–Crippen MR) is 105 cm³/mol. The molecule has 2 aromatic carbocycles. The fourth-order valence-electron chi connectivity index (χ4n) is 3.23. The summed E-state index contributed by atoms with van der Waals surface area (Å²) in [7, 11) is 1.69. The Morgan fingerprint density at radius 1 is 1.12 bits per heavy atom. The van der Waals surface area contributed by atoms with Crippen LogP contribution in [0.4, 0.5) is 0 Å². The first-order chi connectivity index (χ1) is 11.8. The molecule has 2 heterocycles. The molecule has 1 aromatic heterocycles. The van der Waals surface area contributed by atoms with Gasteiger partial charge in [0.15, 0.2) is 5.43 Å². The Hall–Kier alpha value is -1.66. The van der Waals surface area contributed by atoms with Crippen LogP contribution in [0.2, 0.25) is 0 Å². The topological polar surface area (TPSA) is 38.8 Å². The number of fused-ring (bicyclic) bond motifs is 2. The average Bonchev–Trinajstić information content (AvgIpc) is 2.63. The fourth-order valence-corrected chi connectivity index (χ4v) is 4.42. The van der Waals surface area contributed by atoms with Gasteiger partial charge in [-0.1, -0.05) is 12.1 Å². The molecule has 0 atom stereocenters. The number of hydrogen-bond acceptors (Lipinski definition) is 5. The van der Waals surface area contributed by atoms with Crippen LogP contribution in [0, 0.1) is 0 Å². The molecule has 25 heavy (non-hydrogen) atoms. The van der Waals surface area contributed by atoms with Crippen molar-refractivity contribution >= 4 is 43.9 Å². The van der Waals surface area contributed by atoms with Gasteiger partial charge in [0.05, 0.1) is 20.3 Å². The van der Waals surface area contributed by atoms with Crippen LogP contribution in [0.25, 0.3) is 20.2 Å². The number of halogens is 1. The maximum absolute atomic E-state index is 12.9. The third kappa shape index (κ3) is 3.37. The fraction of sp³-hybridized carbons (Fsp3) is 0.316. The lowest BCUT2D eigenvalue weighted by Crippen LogP contribution is -2.35. The Balaban J connectivity index is 0.00000182. The van der Waals surface area contributed by atoms with Crippen molar-refractivity contribution in [2.24, 2.45) is 0 Å². The second-order valence-corrected chi connectivity index (χ2v) is 6.99. The SMILES string of the molecule is COc1ccc2c(=O)c3ccccc3sc2c1CN1CCOCC1.Cl. The van der Waals surface area contributed by atoms with Gasteiger partial charge in [0.1, 0.15) is 5.75 Å². The molecule has 1 saturated heterocycles. The maximum Gasteiger partial charge on any atom is 0.195 e. The van der Waals surface area contributed by atoms with E-state index in [4.69, 9.17) is 9.47 Å². The number of morpholine rings is 1. The highest BCUT2D eigenvalue weighted by molar-refractivity contribution is 7.24. The predicted octanol–water partition coefficient (Wildman–Crippen LogP) is 3.68. The van der Waals surface area contributed by atoms with Crippen LogP contribution in [0.1, 0.15) is 5.56 Å². The molecule has 132 valence electrons. The number of rotatable bonds is 3. The molecule has 1 aliphatic heterocycles. The molecule has 0 aliphatic carbocycles. The number of methoxy groups -OCH3 is 1. The van der Waals surface area contributed by atoms with E-state index < -0.39 is 0 Å². The van der Waals surface area contributed by atoms with E-state index in [-0.39, 0.29) is 17.8 Å². The van der Waals surface area contributed by atoms with Gasteiger partial charge in [-0.05, 0) is 24.3 Å². The lowest BCUT2D eigenvalue weighted by molar-refractivity contribution is 0.0341. The van der Waals surface area contributed by atoms with E-state index in [1.165, 1.54) is 0 Å². The molecule has 0 spiro atoms. The van der Waals surface area contributed by atoms with Crippen molar-refractivity contribution in [3.63, 3.8) is 0 Å². The number of hydrogen-bond donors (Lipinski definition) is 0. The van der Waals surface area contributed by atoms with Crippen molar-refractivity contribution in [2.45, 2.75) is 6.54 Å². The minimum atomic E-state index is 0. The molecule has 0 amide bonds. The summed E-state index contributed by atoms with van der Waals surface area (Å²) in [6.07, 6.45) is 0.